The number of anilines is 2. The summed E-state index contributed by atoms with van der Waals surface area (Å²) in [5.41, 5.74) is 1.05. The minimum Gasteiger partial charge on any atom is -0.481 e. The summed E-state index contributed by atoms with van der Waals surface area (Å²) >= 11 is 0. The second-order valence-corrected chi connectivity index (χ2v) is 6.41. The van der Waals surface area contributed by atoms with Crippen molar-refractivity contribution in [2.24, 2.45) is 0 Å². The van der Waals surface area contributed by atoms with Crippen LogP contribution in [-0.4, -0.2) is 46.1 Å². The van der Waals surface area contributed by atoms with Crippen molar-refractivity contribution in [3.05, 3.63) is 35.4 Å². The van der Waals surface area contributed by atoms with Crippen LogP contribution < -0.4 is 10.6 Å². The zero-order valence-electron chi connectivity index (χ0n) is 15.2. The first-order valence-corrected chi connectivity index (χ1v) is 8.42. The number of imide groups is 1. The molecule has 1 aliphatic rings. The summed E-state index contributed by atoms with van der Waals surface area (Å²) in [6, 6.07) is 6.10. The van der Waals surface area contributed by atoms with Crippen LogP contribution in [0, 0.1) is 0 Å². The Morgan fingerprint density at radius 2 is 1.36 bits per heavy atom. The van der Waals surface area contributed by atoms with E-state index in [4.69, 9.17) is 5.11 Å². The number of rotatable bonds is 5. The molecule has 2 aromatic carbocycles. The van der Waals surface area contributed by atoms with Gasteiger partial charge in [0.15, 0.2) is 0 Å². The van der Waals surface area contributed by atoms with Gasteiger partial charge in [0.25, 0.3) is 11.8 Å². The van der Waals surface area contributed by atoms with E-state index in [0.29, 0.717) is 22.1 Å². The molecule has 0 fully saturated rings. The number of amides is 4. The Kier molecular flexibility index (Phi) is 4.83. The molecule has 144 valence electrons. The van der Waals surface area contributed by atoms with E-state index in [9.17, 15) is 24.0 Å². The Morgan fingerprint density at radius 1 is 0.893 bits per heavy atom. The number of nitrogens with zero attached hydrogens (tertiary/aromatic N) is 1. The fourth-order valence-electron chi connectivity index (χ4n) is 3.20. The van der Waals surface area contributed by atoms with Crippen molar-refractivity contribution in [3.63, 3.8) is 0 Å². The number of carbonyl (C=O) groups excluding carboxylic acids is 4. The van der Waals surface area contributed by atoms with E-state index in [1.54, 1.807) is 12.1 Å². The van der Waals surface area contributed by atoms with E-state index in [2.05, 4.69) is 10.6 Å². The van der Waals surface area contributed by atoms with E-state index >= 15 is 0 Å². The smallest absolute Gasteiger partial charge is 0.305 e. The number of carboxylic acid groups (broad SMARTS) is 1. The maximum Gasteiger partial charge on any atom is 0.305 e. The van der Waals surface area contributed by atoms with Crippen molar-refractivity contribution in [2.45, 2.75) is 20.3 Å². The van der Waals surface area contributed by atoms with Crippen molar-refractivity contribution in [1.82, 2.24) is 4.90 Å². The molecule has 0 unspecified atom stereocenters. The van der Waals surface area contributed by atoms with Crippen molar-refractivity contribution in [2.75, 3.05) is 17.2 Å². The summed E-state index contributed by atoms with van der Waals surface area (Å²) in [7, 11) is 0. The second-order valence-electron chi connectivity index (χ2n) is 6.41. The van der Waals surface area contributed by atoms with Crippen LogP contribution in [-0.2, 0) is 14.4 Å². The lowest BCUT2D eigenvalue weighted by molar-refractivity contribution is -0.137. The fraction of sp³-hybridized carbons (Fsp3) is 0.211. The van der Waals surface area contributed by atoms with Gasteiger partial charge in [-0.05, 0) is 29.7 Å². The zero-order chi connectivity index (χ0) is 20.6. The predicted octanol–water partition coefficient (Wildman–Crippen LogP) is 1.83. The SMILES string of the molecule is CC(=O)Nc1cc2c3c(cc(NC(C)=O)cc3c1)C(=O)N(CCC(=O)O)C2=O. The van der Waals surface area contributed by atoms with Gasteiger partial charge in [-0.2, -0.15) is 0 Å². The van der Waals surface area contributed by atoms with Crippen LogP contribution in [0.25, 0.3) is 10.8 Å². The summed E-state index contributed by atoms with van der Waals surface area (Å²) < 4.78 is 0. The number of nitrogens with one attached hydrogen (secondary N) is 2. The highest BCUT2D eigenvalue weighted by atomic mass is 16.4. The van der Waals surface area contributed by atoms with Crippen LogP contribution in [0.4, 0.5) is 11.4 Å². The largest absolute Gasteiger partial charge is 0.481 e. The van der Waals surface area contributed by atoms with Gasteiger partial charge in [-0.15, -0.1) is 0 Å². The molecule has 2 aromatic rings. The van der Waals surface area contributed by atoms with E-state index < -0.39 is 24.2 Å². The van der Waals surface area contributed by atoms with E-state index in [0.717, 1.165) is 4.90 Å². The Labute approximate surface area is 159 Å². The molecular formula is C19H17N3O6. The van der Waals surface area contributed by atoms with Crippen molar-refractivity contribution < 1.29 is 29.1 Å². The van der Waals surface area contributed by atoms with Gasteiger partial charge in [0.2, 0.25) is 11.8 Å². The Morgan fingerprint density at radius 3 is 1.75 bits per heavy atom. The summed E-state index contributed by atoms with van der Waals surface area (Å²) in [6.07, 6.45) is -0.396. The third-order valence-corrected chi connectivity index (χ3v) is 4.19. The fourth-order valence-corrected chi connectivity index (χ4v) is 3.20. The average molecular weight is 383 g/mol. The Hall–Kier alpha value is -3.75. The number of benzene rings is 2. The van der Waals surface area contributed by atoms with Crippen molar-refractivity contribution in [1.29, 1.82) is 0 Å². The van der Waals surface area contributed by atoms with Crippen LogP contribution in [0.2, 0.25) is 0 Å². The van der Waals surface area contributed by atoms with Crippen LogP contribution in [0.3, 0.4) is 0 Å². The highest BCUT2D eigenvalue weighted by Crippen LogP contribution is 2.35. The van der Waals surface area contributed by atoms with Crippen LogP contribution in [0.15, 0.2) is 24.3 Å². The molecule has 1 aliphatic heterocycles. The van der Waals surface area contributed by atoms with Crippen LogP contribution >= 0.6 is 0 Å². The van der Waals surface area contributed by atoms with E-state index in [1.807, 2.05) is 0 Å². The molecule has 0 saturated carbocycles. The molecule has 0 radical (unpaired) electrons. The van der Waals surface area contributed by atoms with Gasteiger partial charge < -0.3 is 15.7 Å². The molecular weight excluding hydrogens is 366 g/mol. The van der Waals surface area contributed by atoms with Gasteiger partial charge in [0.05, 0.1) is 17.5 Å². The molecule has 4 amide bonds. The van der Waals surface area contributed by atoms with Crippen LogP contribution in [0.5, 0.6) is 0 Å². The molecule has 0 atom stereocenters. The van der Waals surface area contributed by atoms with Crippen LogP contribution in [0.1, 0.15) is 41.0 Å². The topological polar surface area (TPSA) is 133 Å². The third kappa shape index (κ3) is 3.54. The average Bonchev–Trinajstić information content (AvgIpc) is 2.57. The Bertz CT molecular complexity index is 989. The molecule has 0 bridgehead atoms. The molecule has 0 spiro atoms. The number of carbonyl (C=O) groups is 5. The van der Waals surface area contributed by atoms with Gasteiger partial charge in [-0.1, -0.05) is 0 Å². The zero-order valence-corrected chi connectivity index (χ0v) is 15.2. The molecule has 3 rings (SSSR count). The first-order chi connectivity index (χ1) is 13.2. The second kappa shape index (κ2) is 7.10. The maximum absolute atomic E-state index is 12.9. The quantitative estimate of drug-likeness (QED) is 0.675. The highest BCUT2D eigenvalue weighted by Gasteiger charge is 2.34. The van der Waals surface area contributed by atoms with Crippen molar-refractivity contribution >= 4 is 51.7 Å². The Balaban J connectivity index is 2.22. The molecule has 9 heteroatoms. The van der Waals surface area contributed by atoms with Gasteiger partial charge in [-0.3, -0.25) is 28.9 Å². The van der Waals surface area contributed by atoms with Crippen molar-refractivity contribution in [3.8, 4) is 0 Å². The minimum atomic E-state index is -1.14. The molecule has 28 heavy (non-hydrogen) atoms. The van der Waals surface area contributed by atoms with E-state index in [-0.39, 0.29) is 29.5 Å². The molecule has 3 N–H and O–H groups in total. The molecule has 9 nitrogen and oxygen atoms in total. The maximum atomic E-state index is 12.9. The first-order valence-electron chi connectivity index (χ1n) is 8.42. The summed E-state index contributed by atoms with van der Waals surface area (Å²) in [5, 5.41) is 15.0. The normalized spacial score (nSPS) is 12.9. The van der Waals surface area contributed by atoms with E-state index in [1.165, 1.54) is 26.0 Å². The number of aliphatic carboxylic acids is 1. The first kappa shape index (κ1) is 19.0. The summed E-state index contributed by atoms with van der Waals surface area (Å²) in [6.45, 7) is 2.35. The van der Waals surface area contributed by atoms with Gasteiger partial charge >= 0.3 is 5.97 Å². The third-order valence-electron chi connectivity index (χ3n) is 4.19. The minimum absolute atomic E-state index is 0.176. The number of carboxylic acids is 1. The van der Waals surface area contributed by atoms with Gasteiger partial charge in [0.1, 0.15) is 0 Å². The number of hydrogen-bond acceptors (Lipinski definition) is 5. The lowest BCUT2D eigenvalue weighted by Gasteiger charge is -2.27. The lowest BCUT2D eigenvalue weighted by Crippen LogP contribution is -2.41. The molecule has 0 saturated heterocycles. The van der Waals surface area contributed by atoms with Gasteiger partial charge in [-0.25, -0.2) is 0 Å². The highest BCUT2D eigenvalue weighted by molar-refractivity contribution is 6.26. The summed E-state index contributed by atoms with van der Waals surface area (Å²) in [4.78, 5) is 60.3. The standard InChI is InChI=1S/C19H17N3O6/c1-9(23)20-12-5-11-6-13(21-10(2)24)8-15-17(11)14(7-12)18(27)22(19(15)28)4-3-16(25)26/h5-8H,3-4H2,1-2H3,(H,20,23)(H,21,24)(H,25,26). The van der Waals surface area contributed by atoms with Gasteiger partial charge in [0, 0.05) is 37.2 Å². The monoisotopic (exact) mass is 383 g/mol. The molecule has 0 aromatic heterocycles. The predicted molar refractivity (Wildman–Crippen MR) is 100 cm³/mol. The summed E-state index contributed by atoms with van der Waals surface area (Å²) in [5.74, 6) is -3.10. The number of hydrogen-bond donors (Lipinski definition) is 3. The molecule has 0 aliphatic carbocycles. The molecule has 1 heterocycles. The lowest BCUT2D eigenvalue weighted by atomic mass is 9.92.